The van der Waals surface area contributed by atoms with Crippen molar-refractivity contribution >= 4 is 28.7 Å². The fourth-order valence-corrected chi connectivity index (χ4v) is 2.62. The van der Waals surface area contributed by atoms with Crippen molar-refractivity contribution < 1.29 is 13.6 Å². The molecule has 1 aliphatic rings. The number of amides is 1. The summed E-state index contributed by atoms with van der Waals surface area (Å²) in [6.07, 6.45) is 1.32. The molecule has 26 heavy (non-hydrogen) atoms. The third-order valence-electron chi connectivity index (χ3n) is 4.25. The molecule has 9 heteroatoms. The number of aromatic nitrogens is 1. The van der Waals surface area contributed by atoms with Crippen molar-refractivity contribution in [3.63, 3.8) is 0 Å². The lowest BCUT2D eigenvalue weighted by Crippen LogP contribution is -2.42. The zero-order valence-corrected chi connectivity index (χ0v) is 13.8. The Labute approximate surface area is 148 Å². The lowest BCUT2D eigenvalue weighted by Gasteiger charge is -2.30. The Balaban J connectivity index is 1.89. The number of nitrogens with two attached hydrogens (primary N) is 2. The molecule has 136 valence electrons. The van der Waals surface area contributed by atoms with E-state index in [2.05, 4.69) is 27.6 Å². The second-order valence-electron chi connectivity index (χ2n) is 5.92. The molecule has 7 nitrogen and oxygen atoms in total. The summed E-state index contributed by atoms with van der Waals surface area (Å²) in [6.45, 7) is 5.60. The van der Waals surface area contributed by atoms with E-state index in [0.29, 0.717) is 11.4 Å². The minimum absolute atomic E-state index is 0.221. The largest absolute Gasteiger partial charge is 0.396 e. The number of rotatable bonds is 5. The van der Waals surface area contributed by atoms with Crippen molar-refractivity contribution in [1.29, 1.82) is 0 Å². The Morgan fingerprint density at radius 3 is 2.69 bits per heavy atom. The molecule has 0 unspecified atom stereocenters. The van der Waals surface area contributed by atoms with E-state index in [-0.39, 0.29) is 17.3 Å². The SMILES string of the molecule is C=C(c1cc(NC(=O)c2c(F)ccc(N)c2F)cnc1NN)C1CNC1. The fourth-order valence-electron chi connectivity index (χ4n) is 2.62. The zero-order valence-electron chi connectivity index (χ0n) is 13.8. The van der Waals surface area contributed by atoms with Crippen molar-refractivity contribution in [2.45, 2.75) is 0 Å². The van der Waals surface area contributed by atoms with Crippen LogP contribution in [0.25, 0.3) is 5.57 Å². The van der Waals surface area contributed by atoms with Crippen LogP contribution >= 0.6 is 0 Å². The summed E-state index contributed by atoms with van der Waals surface area (Å²) in [7, 11) is 0. The molecule has 1 amide bonds. The summed E-state index contributed by atoms with van der Waals surface area (Å²) >= 11 is 0. The van der Waals surface area contributed by atoms with E-state index in [1.54, 1.807) is 6.07 Å². The van der Waals surface area contributed by atoms with E-state index in [1.165, 1.54) is 6.20 Å². The van der Waals surface area contributed by atoms with Gasteiger partial charge in [-0.2, -0.15) is 0 Å². The predicted molar refractivity (Wildman–Crippen MR) is 96.2 cm³/mol. The number of halogens is 2. The van der Waals surface area contributed by atoms with Crippen molar-refractivity contribution in [2.24, 2.45) is 11.8 Å². The van der Waals surface area contributed by atoms with Gasteiger partial charge in [0, 0.05) is 24.6 Å². The predicted octanol–water partition coefficient (Wildman–Crippen LogP) is 1.71. The lowest BCUT2D eigenvalue weighted by atomic mass is 9.89. The lowest BCUT2D eigenvalue weighted by molar-refractivity contribution is 0.101. The van der Waals surface area contributed by atoms with Gasteiger partial charge in [0.05, 0.1) is 17.6 Å². The topological polar surface area (TPSA) is 118 Å². The smallest absolute Gasteiger partial charge is 0.261 e. The molecule has 0 saturated carbocycles. The Kier molecular flexibility index (Phi) is 4.83. The van der Waals surface area contributed by atoms with Gasteiger partial charge in [-0.25, -0.2) is 19.6 Å². The molecule has 1 fully saturated rings. The molecule has 1 aliphatic heterocycles. The van der Waals surface area contributed by atoms with Crippen molar-refractivity contribution in [3.8, 4) is 0 Å². The summed E-state index contributed by atoms with van der Waals surface area (Å²) in [5.74, 6) is 3.00. The van der Waals surface area contributed by atoms with Crippen LogP contribution in [0.2, 0.25) is 0 Å². The highest BCUT2D eigenvalue weighted by atomic mass is 19.1. The Morgan fingerprint density at radius 1 is 1.35 bits per heavy atom. The third-order valence-corrected chi connectivity index (χ3v) is 4.25. The number of anilines is 3. The molecule has 0 atom stereocenters. The second kappa shape index (κ2) is 7.06. The average Bonchev–Trinajstić information content (AvgIpc) is 2.57. The van der Waals surface area contributed by atoms with E-state index in [4.69, 9.17) is 11.6 Å². The number of nitrogens with zero attached hydrogens (tertiary/aromatic N) is 1. The number of nitrogen functional groups attached to an aromatic ring is 2. The van der Waals surface area contributed by atoms with Gasteiger partial charge in [-0.05, 0) is 23.8 Å². The van der Waals surface area contributed by atoms with Gasteiger partial charge in [-0.1, -0.05) is 6.58 Å². The van der Waals surface area contributed by atoms with Gasteiger partial charge in [-0.3, -0.25) is 4.79 Å². The van der Waals surface area contributed by atoms with Gasteiger partial charge >= 0.3 is 0 Å². The molecule has 0 aliphatic carbocycles. The minimum Gasteiger partial charge on any atom is -0.396 e. The van der Waals surface area contributed by atoms with Crippen LogP contribution < -0.4 is 27.6 Å². The van der Waals surface area contributed by atoms with Crippen molar-refractivity contribution in [2.75, 3.05) is 29.6 Å². The normalized spacial score (nSPS) is 13.8. The first-order valence-electron chi connectivity index (χ1n) is 7.83. The summed E-state index contributed by atoms with van der Waals surface area (Å²) in [6, 6.07) is 3.59. The van der Waals surface area contributed by atoms with Gasteiger partial charge < -0.3 is 21.8 Å². The minimum atomic E-state index is -1.11. The number of carbonyl (C=O) groups excluding carboxylic acids is 1. The molecule has 3 rings (SSSR count). The molecule has 0 spiro atoms. The van der Waals surface area contributed by atoms with Gasteiger partial charge in [-0.15, -0.1) is 0 Å². The van der Waals surface area contributed by atoms with Crippen LogP contribution in [-0.4, -0.2) is 24.0 Å². The highest BCUT2D eigenvalue weighted by Crippen LogP contribution is 2.31. The highest BCUT2D eigenvalue weighted by Gasteiger charge is 2.24. The second-order valence-corrected chi connectivity index (χ2v) is 5.92. The number of nitrogens with one attached hydrogen (secondary N) is 3. The molecule has 0 bridgehead atoms. The number of hydrogen-bond acceptors (Lipinski definition) is 6. The summed E-state index contributed by atoms with van der Waals surface area (Å²) in [5.41, 5.74) is 8.47. The Morgan fingerprint density at radius 2 is 2.08 bits per heavy atom. The van der Waals surface area contributed by atoms with Crippen molar-refractivity contribution in [1.82, 2.24) is 10.3 Å². The first kappa shape index (κ1) is 17.8. The van der Waals surface area contributed by atoms with Crippen LogP contribution in [0.1, 0.15) is 15.9 Å². The Hall–Kier alpha value is -3.04. The summed E-state index contributed by atoms with van der Waals surface area (Å²) in [5, 5.41) is 5.56. The summed E-state index contributed by atoms with van der Waals surface area (Å²) < 4.78 is 27.9. The molecule has 1 saturated heterocycles. The first-order valence-corrected chi connectivity index (χ1v) is 7.83. The quantitative estimate of drug-likeness (QED) is 0.315. The van der Waals surface area contributed by atoms with Crippen LogP contribution in [0.15, 0.2) is 31.0 Å². The monoisotopic (exact) mass is 360 g/mol. The fraction of sp³-hybridized carbons (Fsp3) is 0.176. The molecule has 1 aromatic carbocycles. The van der Waals surface area contributed by atoms with E-state index >= 15 is 0 Å². The molecule has 1 aromatic heterocycles. The standard InChI is InChI=1S/C17H18F2N6O/c1-8(9-5-22-6-9)11-4-10(7-23-16(11)25-21)24-17(26)14-12(18)2-3-13(20)15(14)19/h2-4,7,9,22H,1,5-6,20-21H2,(H,23,25)(H,24,26). The Bertz CT molecular complexity index is 882. The zero-order chi connectivity index (χ0) is 18.8. The van der Waals surface area contributed by atoms with Crippen molar-refractivity contribution in [3.05, 3.63) is 53.7 Å². The van der Waals surface area contributed by atoms with Gasteiger partial charge in [0.25, 0.3) is 5.91 Å². The molecular formula is C17H18F2N6O. The van der Waals surface area contributed by atoms with Crippen LogP contribution in [0.3, 0.4) is 0 Å². The number of hydrazine groups is 1. The van der Waals surface area contributed by atoms with Gasteiger partial charge in [0.1, 0.15) is 17.2 Å². The van der Waals surface area contributed by atoms with Gasteiger partial charge in [0.2, 0.25) is 0 Å². The van der Waals surface area contributed by atoms with Crippen LogP contribution in [0.4, 0.5) is 26.0 Å². The van der Waals surface area contributed by atoms with E-state index in [0.717, 1.165) is 30.8 Å². The molecular weight excluding hydrogens is 342 g/mol. The molecule has 2 aromatic rings. The summed E-state index contributed by atoms with van der Waals surface area (Å²) in [4.78, 5) is 16.4. The molecule has 0 radical (unpaired) electrons. The van der Waals surface area contributed by atoms with Gasteiger partial charge in [0.15, 0.2) is 5.82 Å². The number of benzene rings is 1. The average molecular weight is 360 g/mol. The van der Waals surface area contributed by atoms with Crippen LogP contribution in [0.5, 0.6) is 0 Å². The molecule has 2 heterocycles. The van der Waals surface area contributed by atoms with E-state index in [1.807, 2.05) is 0 Å². The number of carbonyl (C=O) groups is 1. The number of pyridine rings is 1. The molecule has 7 N–H and O–H groups in total. The maximum atomic E-state index is 14.0. The maximum Gasteiger partial charge on any atom is 0.261 e. The first-order chi connectivity index (χ1) is 12.4. The van der Waals surface area contributed by atoms with Crippen LogP contribution in [-0.2, 0) is 0 Å². The van der Waals surface area contributed by atoms with E-state index in [9.17, 15) is 13.6 Å². The highest BCUT2D eigenvalue weighted by molar-refractivity contribution is 6.05. The van der Waals surface area contributed by atoms with Crippen LogP contribution in [0, 0.1) is 17.6 Å². The third kappa shape index (κ3) is 3.22. The maximum absolute atomic E-state index is 14.0. The van der Waals surface area contributed by atoms with E-state index < -0.39 is 23.1 Å². The number of hydrogen-bond donors (Lipinski definition) is 5.